The molecule has 1 saturated carbocycles. The molecule has 0 radical (unpaired) electrons. The molecule has 130 valence electrons. The van der Waals surface area contributed by atoms with E-state index in [0.29, 0.717) is 11.7 Å². The number of carbonyl (C=O) groups is 1. The van der Waals surface area contributed by atoms with Crippen LogP contribution < -0.4 is 4.74 Å². The highest BCUT2D eigenvalue weighted by Crippen LogP contribution is 2.42. The molecule has 3 atom stereocenters. The molecule has 1 aromatic heterocycles. The lowest BCUT2D eigenvalue weighted by Gasteiger charge is -2.26. The fourth-order valence-electron chi connectivity index (χ4n) is 3.97. The van der Waals surface area contributed by atoms with E-state index in [9.17, 15) is 4.79 Å². The third kappa shape index (κ3) is 2.42. The zero-order chi connectivity index (χ0) is 17.0. The van der Waals surface area contributed by atoms with Gasteiger partial charge in [0.25, 0.3) is 5.91 Å². The molecule has 0 unspecified atom stereocenters. The van der Waals surface area contributed by atoms with Crippen LogP contribution in [0.5, 0.6) is 5.75 Å². The van der Waals surface area contributed by atoms with Crippen molar-refractivity contribution in [3.05, 3.63) is 41.5 Å². The van der Waals surface area contributed by atoms with Crippen LogP contribution in [-0.4, -0.2) is 33.6 Å². The molecule has 0 N–H and O–H groups in total. The van der Waals surface area contributed by atoms with Gasteiger partial charge in [-0.2, -0.15) is 4.98 Å². The number of ether oxygens (including phenoxy) is 1. The highest BCUT2D eigenvalue weighted by Gasteiger charge is 2.43. The molecular formula is C19H21N3O3. The summed E-state index contributed by atoms with van der Waals surface area (Å²) in [4.78, 5) is 19.6. The predicted octanol–water partition coefficient (Wildman–Crippen LogP) is 3.18. The molecule has 1 aliphatic carbocycles. The van der Waals surface area contributed by atoms with Crippen LogP contribution in [0.4, 0.5) is 0 Å². The molecule has 1 aromatic carbocycles. The largest absolute Gasteiger partial charge is 0.480 e. The van der Waals surface area contributed by atoms with Crippen LogP contribution >= 0.6 is 0 Å². The molecule has 25 heavy (non-hydrogen) atoms. The van der Waals surface area contributed by atoms with E-state index in [-0.39, 0.29) is 17.9 Å². The molecule has 0 spiro atoms. The Bertz CT molecular complexity index is 814. The fourth-order valence-corrected chi connectivity index (χ4v) is 3.97. The Morgan fingerprint density at radius 2 is 2.08 bits per heavy atom. The molecule has 1 saturated heterocycles. The third-order valence-corrected chi connectivity index (χ3v) is 5.58. The molecular weight excluding hydrogens is 318 g/mol. The molecule has 0 bridgehead atoms. The van der Waals surface area contributed by atoms with E-state index in [1.54, 1.807) is 0 Å². The number of hydrogen-bond donors (Lipinski definition) is 0. The maximum absolute atomic E-state index is 13.2. The van der Waals surface area contributed by atoms with Gasteiger partial charge in [-0.15, -0.1) is 0 Å². The summed E-state index contributed by atoms with van der Waals surface area (Å²) in [6.07, 6.45) is 3.62. The summed E-state index contributed by atoms with van der Waals surface area (Å²) in [5.41, 5.74) is 1.10. The zero-order valence-electron chi connectivity index (χ0n) is 14.2. The number of fused-ring (bicyclic) bond motifs is 1. The monoisotopic (exact) mass is 339 g/mol. The van der Waals surface area contributed by atoms with Crippen molar-refractivity contribution in [2.24, 2.45) is 0 Å². The Balaban J connectivity index is 1.37. The molecule has 3 aliphatic rings. The molecule has 2 aromatic rings. The summed E-state index contributed by atoms with van der Waals surface area (Å²) in [7, 11) is 0. The van der Waals surface area contributed by atoms with Crippen molar-refractivity contribution in [1.82, 2.24) is 15.0 Å². The van der Waals surface area contributed by atoms with E-state index in [1.807, 2.05) is 29.2 Å². The second-order valence-corrected chi connectivity index (χ2v) is 7.32. The van der Waals surface area contributed by atoms with Crippen molar-refractivity contribution in [2.45, 2.75) is 56.6 Å². The Kier molecular flexibility index (Phi) is 3.33. The molecule has 2 fully saturated rings. The Hall–Kier alpha value is -2.37. The second-order valence-electron chi connectivity index (χ2n) is 7.32. The van der Waals surface area contributed by atoms with Gasteiger partial charge >= 0.3 is 0 Å². The molecule has 6 heteroatoms. The lowest BCUT2D eigenvalue weighted by atomic mass is 9.96. The molecule has 3 heterocycles. The molecule has 1 amide bonds. The normalized spacial score (nSPS) is 28.0. The SMILES string of the molecule is C[C@@H]1c2ccccc2O[C@H]1C(=O)N1CCC[C@H]1c1noc(C2CC2)n1. The van der Waals surface area contributed by atoms with Gasteiger partial charge in [-0.1, -0.05) is 30.3 Å². The second kappa shape index (κ2) is 5.58. The lowest BCUT2D eigenvalue weighted by molar-refractivity contribution is -0.139. The first-order valence-electron chi connectivity index (χ1n) is 9.12. The number of hydrogen-bond acceptors (Lipinski definition) is 5. The van der Waals surface area contributed by atoms with Gasteiger partial charge < -0.3 is 14.2 Å². The van der Waals surface area contributed by atoms with Crippen LogP contribution in [0.25, 0.3) is 0 Å². The van der Waals surface area contributed by atoms with E-state index < -0.39 is 6.10 Å². The van der Waals surface area contributed by atoms with Crippen LogP contribution in [0.3, 0.4) is 0 Å². The van der Waals surface area contributed by atoms with Gasteiger partial charge in [0.2, 0.25) is 5.89 Å². The van der Waals surface area contributed by atoms with Crippen LogP contribution in [0, 0.1) is 0 Å². The van der Waals surface area contributed by atoms with Crippen LogP contribution in [0.2, 0.25) is 0 Å². The third-order valence-electron chi connectivity index (χ3n) is 5.58. The molecule has 2 aliphatic heterocycles. The Morgan fingerprint density at radius 3 is 2.88 bits per heavy atom. The maximum atomic E-state index is 13.2. The predicted molar refractivity (Wildman–Crippen MR) is 89.2 cm³/mol. The van der Waals surface area contributed by atoms with E-state index in [2.05, 4.69) is 17.1 Å². The fraction of sp³-hybridized carbons (Fsp3) is 0.526. The van der Waals surface area contributed by atoms with Gasteiger partial charge in [-0.25, -0.2) is 0 Å². The Morgan fingerprint density at radius 1 is 1.24 bits per heavy atom. The minimum atomic E-state index is -0.465. The number of amides is 1. The van der Waals surface area contributed by atoms with Gasteiger partial charge in [-0.05, 0) is 31.7 Å². The first-order chi connectivity index (χ1) is 12.2. The number of nitrogens with zero attached hydrogens (tertiary/aromatic N) is 3. The van der Waals surface area contributed by atoms with Crippen LogP contribution in [0.1, 0.15) is 67.8 Å². The minimum Gasteiger partial charge on any atom is -0.480 e. The van der Waals surface area contributed by atoms with Gasteiger partial charge in [0.1, 0.15) is 5.75 Å². The zero-order valence-corrected chi connectivity index (χ0v) is 14.2. The van der Waals surface area contributed by atoms with E-state index in [4.69, 9.17) is 9.26 Å². The van der Waals surface area contributed by atoms with E-state index in [0.717, 1.165) is 49.4 Å². The first-order valence-corrected chi connectivity index (χ1v) is 9.12. The van der Waals surface area contributed by atoms with Gasteiger partial charge in [0, 0.05) is 23.9 Å². The highest BCUT2D eigenvalue weighted by molar-refractivity contribution is 5.84. The van der Waals surface area contributed by atoms with Crippen molar-refractivity contribution < 1.29 is 14.1 Å². The molecule has 6 nitrogen and oxygen atoms in total. The van der Waals surface area contributed by atoms with Gasteiger partial charge in [0.05, 0.1) is 6.04 Å². The summed E-state index contributed by atoms with van der Waals surface area (Å²) in [6.45, 7) is 2.78. The number of rotatable bonds is 3. The van der Waals surface area contributed by atoms with Crippen molar-refractivity contribution in [1.29, 1.82) is 0 Å². The number of para-hydroxylation sites is 1. The number of likely N-dealkylation sites (tertiary alicyclic amines) is 1. The van der Waals surface area contributed by atoms with Crippen molar-refractivity contribution in [3.63, 3.8) is 0 Å². The smallest absolute Gasteiger partial charge is 0.264 e. The first kappa shape index (κ1) is 14.9. The summed E-state index contributed by atoms with van der Waals surface area (Å²) in [6, 6.07) is 7.80. The topological polar surface area (TPSA) is 68.5 Å². The summed E-state index contributed by atoms with van der Waals surface area (Å²) < 4.78 is 11.4. The quantitative estimate of drug-likeness (QED) is 0.859. The number of aromatic nitrogens is 2. The van der Waals surface area contributed by atoms with Crippen LogP contribution in [0.15, 0.2) is 28.8 Å². The van der Waals surface area contributed by atoms with E-state index >= 15 is 0 Å². The number of benzene rings is 1. The van der Waals surface area contributed by atoms with Crippen LogP contribution in [-0.2, 0) is 4.79 Å². The maximum Gasteiger partial charge on any atom is 0.264 e. The highest BCUT2D eigenvalue weighted by atomic mass is 16.5. The summed E-state index contributed by atoms with van der Waals surface area (Å²) >= 11 is 0. The lowest BCUT2D eigenvalue weighted by Crippen LogP contribution is -2.42. The van der Waals surface area contributed by atoms with Crippen molar-refractivity contribution in [2.75, 3.05) is 6.54 Å². The average molecular weight is 339 g/mol. The average Bonchev–Trinajstić information content (AvgIpc) is 3.07. The molecule has 5 rings (SSSR count). The van der Waals surface area contributed by atoms with E-state index in [1.165, 1.54) is 0 Å². The standard InChI is InChI=1S/C19H21N3O3/c1-11-13-5-2-3-7-15(13)24-16(11)19(23)22-10-4-6-14(22)17-20-18(25-21-17)12-8-9-12/h2-3,5,7,11-12,14,16H,4,6,8-10H2,1H3/t11-,14+,16-/m1/s1. The summed E-state index contributed by atoms with van der Waals surface area (Å²) in [5, 5.41) is 4.16. The Labute approximate surface area is 146 Å². The number of carbonyl (C=O) groups excluding carboxylic acids is 1. The summed E-state index contributed by atoms with van der Waals surface area (Å²) in [5.74, 6) is 2.71. The van der Waals surface area contributed by atoms with Crippen molar-refractivity contribution in [3.8, 4) is 5.75 Å². The minimum absolute atomic E-state index is 0.0315. The van der Waals surface area contributed by atoms with Crippen molar-refractivity contribution >= 4 is 5.91 Å². The van der Waals surface area contributed by atoms with Gasteiger partial charge in [0.15, 0.2) is 11.9 Å². The van der Waals surface area contributed by atoms with Gasteiger partial charge in [-0.3, -0.25) is 4.79 Å².